The van der Waals surface area contributed by atoms with Crippen molar-refractivity contribution < 1.29 is 24.2 Å². The fourth-order valence-electron chi connectivity index (χ4n) is 2.91. The zero-order chi connectivity index (χ0) is 17.5. The number of aliphatic hydroxyl groups excluding tert-OH is 1. The lowest BCUT2D eigenvalue weighted by molar-refractivity contribution is 0.0479. The third-order valence-corrected chi connectivity index (χ3v) is 4.10. The van der Waals surface area contributed by atoms with Crippen molar-refractivity contribution in [2.75, 3.05) is 18.5 Å². The van der Waals surface area contributed by atoms with Crippen molar-refractivity contribution in [3.05, 3.63) is 29.3 Å². The molecule has 1 aliphatic rings. The van der Waals surface area contributed by atoms with Crippen molar-refractivity contribution >= 4 is 17.6 Å². The van der Waals surface area contributed by atoms with Gasteiger partial charge in [0.2, 0.25) is 0 Å². The summed E-state index contributed by atoms with van der Waals surface area (Å²) in [6, 6.07) is 5.20. The summed E-state index contributed by atoms with van der Waals surface area (Å²) in [4.78, 5) is 24.5. The van der Waals surface area contributed by atoms with Crippen LogP contribution in [-0.4, -0.2) is 42.4 Å². The maximum Gasteiger partial charge on any atom is 0.341 e. The van der Waals surface area contributed by atoms with Crippen LogP contribution in [0.5, 0.6) is 0 Å². The Labute approximate surface area is 142 Å². The van der Waals surface area contributed by atoms with Crippen LogP contribution < -0.4 is 5.32 Å². The number of hydrogen-bond acceptors (Lipinski definition) is 6. The molecule has 0 aromatic heterocycles. The zero-order valence-electron chi connectivity index (χ0n) is 14.2. The molecule has 1 fully saturated rings. The van der Waals surface area contributed by atoms with Crippen molar-refractivity contribution in [1.82, 2.24) is 0 Å². The molecule has 2 rings (SSSR count). The Bertz CT molecular complexity index is 579. The number of nitrogens with one attached hydrogen (secondary N) is 1. The first-order valence-electron chi connectivity index (χ1n) is 8.48. The highest BCUT2D eigenvalue weighted by atomic mass is 16.5. The van der Waals surface area contributed by atoms with Gasteiger partial charge in [-0.1, -0.05) is 6.07 Å². The maximum atomic E-state index is 12.4. The molecule has 0 spiro atoms. The summed E-state index contributed by atoms with van der Waals surface area (Å²) >= 11 is 0. The van der Waals surface area contributed by atoms with Crippen LogP contribution in [0.15, 0.2) is 18.2 Å². The number of esters is 2. The van der Waals surface area contributed by atoms with E-state index in [-0.39, 0.29) is 36.5 Å². The third-order valence-electron chi connectivity index (χ3n) is 4.10. The Kier molecular flexibility index (Phi) is 6.61. The minimum atomic E-state index is -0.542. The van der Waals surface area contributed by atoms with Gasteiger partial charge < -0.3 is 19.9 Å². The molecular weight excluding hydrogens is 310 g/mol. The number of aliphatic hydroxyl groups is 1. The molecule has 0 bridgehead atoms. The van der Waals surface area contributed by atoms with E-state index < -0.39 is 11.9 Å². The predicted molar refractivity (Wildman–Crippen MR) is 90.2 cm³/mol. The molecule has 0 unspecified atom stereocenters. The van der Waals surface area contributed by atoms with Crippen molar-refractivity contribution in [1.29, 1.82) is 0 Å². The van der Waals surface area contributed by atoms with Gasteiger partial charge in [0.05, 0.1) is 30.4 Å². The number of rotatable bonds is 6. The lowest BCUT2D eigenvalue weighted by Crippen LogP contribution is -2.29. The zero-order valence-corrected chi connectivity index (χ0v) is 14.2. The molecule has 6 nitrogen and oxygen atoms in total. The first-order chi connectivity index (χ1) is 11.6. The van der Waals surface area contributed by atoms with E-state index in [1.54, 1.807) is 32.0 Å². The van der Waals surface area contributed by atoms with Gasteiger partial charge in [0.15, 0.2) is 0 Å². The Morgan fingerprint density at radius 1 is 1.08 bits per heavy atom. The van der Waals surface area contributed by atoms with Crippen molar-refractivity contribution in [2.24, 2.45) is 0 Å². The first-order valence-corrected chi connectivity index (χ1v) is 8.48. The van der Waals surface area contributed by atoms with Gasteiger partial charge in [-0.25, -0.2) is 9.59 Å². The second-order valence-corrected chi connectivity index (χ2v) is 5.82. The molecule has 0 atom stereocenters. The topological polar surface area (TPSA) is 84.9 Å². The molecule has 24 heavy (non-hydrogen) atoms. The number of carbonyl (C=O) groups is 2. The lowest BCUT2D eigenvalue weighted by atomic mass is 9.92. The normalized spacial score (nSPS) is 20.3. The summed E-state index contributed by atoms with van der Waals surface area (Å²) in [5.41, 5.74) is 0.987. The average molecular weight is 335 g/mol. The van der Waals surface area contributed by atoms with Gasteiger partial charge in [0.25, 0.3) is 0 Å². The van der Waals surface area contributed by atoms with Gasteiger partial charge in [-0.2, -0.15) is 0 Å². The maximum absolute atomic E-state index is 12.4. The standard InChI is InChI=1S/C18H25NO5/c1-3-23-17(21)14-6-5-7-15(16(14)18(22)24-4-2)19-12-8-10-13(20)11-9-12/h5-7,12-13,19-20H,3-4,8-11H2,1-2H3. The number of benzene rings is 1. The Morgan fingerprint density at radius 3 is 2.33 bits per heavy atom. The molecule has 0 amide bonds. The monoisotopic (exact) mass is 335 g/mol. The molecule has 6 heteroatoms. The highest BCUT2D eigenvalue weighted by Gasteiger charge is 2.25. The van der Waals surface area contributed by atoms with Crippen molar-refractivity contribution in [3.63, 3.8) is 0 Å². The largest absolute Gasteiger partial charge is 0.462 e. The SMILES string of the molecule is CCOC(=O)c1cccc(NC2CCC(O)CC2)c1C(=O)OCC. The molecule has 1 aromatic carbocycles. The minimum Gasteiger partial charge on any atom is -0.462 e. The molecule has 0 heterocycles. The van der Waals surface area contributed by atoms with Gasteiger partial charge in [-0.05, 0) is 51.7 Å². The third kappa shape index (κ3) is 4.47. The van der Waals surface area contributed by atoms with E-state index in [2.05, 4.69) is 5.32 Å². The number of hydrogen-bond donors (Lipinski definition) is 2. The van der Waals surface area contributed by atoms with E-state index in [0.29, 0.717) is 5.69 Å². The van der Waals surface area contributed by atoms with Crippen LogP contribution in [0.25, 0.3) is 0 Å². The summed E-state index contributed by atoms with van der Waals surface area (Å²) in [5, 5.41) is 12.9. The van der Waals surface area contributed by atoms with Crippen LogP contribution in [-0.2, 0) is 9.47 Å². The van der Waals surface area contributed by atoms with Gasteiger partial charge >= 0.3 is 11.9 Å². The average Bonchev–Trinajstić information content (AvgIpc) is 2.57. The van der Waals surface area contributed by atoms with Crippen LogP contribution in [0.1, 0.15) is 60.2 Å². The van der Waals surface area contributed by atoms with Crippen LogP contribution in [0.3, 0.4) is 0 Å². The second-order valence-electron chi connectivity index (χ2n) is 5.82. The second kappa shape index (κ2) is 8.68. The van der Waals surface area contributed by atoms with Crippen LogP contribution in [0, 0.1) is 0 Å². The van der Waals surface area contributed by atoms with Crippen molar-refractivity contribution in [3.8, 4) is 0 Å². The molecule has 0 saturated heterocycles. The molecule has 1 aromatic rings. The molecular formula is C18H25NO5. The summed E-state index contributed by atoms with van der Waals surface area (Å²) in [6.07, 6.45) is 2.83. The summed E-state index contributed by atoms with van der Waals surface area (Å²) in [7, 11) is 0. The fraction of sp³-hybridized carbons (Fsp3) is 0.556. The van der Waals surface area contributed by atoms with Crippen molar-refractivity contribution in [2.45, 2.75) is 51.7 Å². The summed E-state index contributed by atoms with van der Waals surface area (Å²) in [5.74, 6) is -1.08. The molecule has 0 radical (unpaired) electrons. The van der Waals surface area contributed by atoms with E-state index in [4.69, 9.17) is 9.47 Å². The Morgan fingerprint density at radius 2 is 1.71 bits per heavy atom. The minimum absolute atomic E-state index is 0.152. The number of ether oxygens (including phenoxy) is 2. The Balaban J connectivity index is 2.29. The van der Waals surface area contributed by atoms with E-state index >= 15 is 0 Å². The Hall–Kier alpha value is -2.08. The quantitative estimate of drug-likeness (QED) is 0.778. The van der Waals surface area contributed by atoms with Gasteiger partial charge in [0, 0.05) is 11.7 Å². The molecule has 0 aliphatic heterocycles. The van der Waals surface area contributed by atoms with E-state index in [9.17, 15) is 14.7 Å². The molecule has 132 valence electrons. The van der Waals surface area contributed by atoms with E-state index in [1.807, 2.05) is 0 Å². The molecule has 1 aliphatic carbocycles. The first kappa shape index (κ1) is 18.3. The summed E-state index contributed by atoms with van der Waals surface area (Å²) < 4.78 is 10.2. The van der Waals surface area contributed by atoms with Crippen LogP contribution in [0.2, 0.25) is 0 Å². The lowest BCUT2D eigenvalue weighted by Gasteiger charge is -2.28. The highest BCUT2D eigenvalue weighted by Crippen LogP contribution is 2.27. The molecule has 2 N–H and O–H groups in total. The van der Waals surface area contributed by atoms with Crippen LogP contribution >= 0.6 is 0 Å². The van der Waals surface area contributed by atoms with Gasteiger partial charge in [-0.3, -0.25) is 0 Å². The fourth-order valence-corrected chi connectivity index (χ4v) is 2.91. The highest BCUT2D eigenvalue weighted by molar-refractivity contribution is 6.07. The predicted octanol–water partition coefficient (Wildman–Crippen LogP) is 2.76. The summed E-state index contributed by atoms with van der Waals surface area (Å²) in [6.45, 7) is 3.90. The number of anilines is 1. The smallest absolute Gasteiger partial charge is 0.341 e. The van der Waals surface area contributed by atoms with Crippen LogP contribution in [0.4, 0.5) is 5.69 Å². The van der Waals surface area contributed by atoms with Gasteiger partial charge in [-0.15, -0.1) is 0 Å². The van der Waals surface area contributed by atoms with E-state index in [0.717, 1.165) is 25.7 Å². The molecule has 1 saturated carbocycles. The van der Waals surface area contributed by atoms with E-state index in [1.165, 1.54) is 0 Å². The van der Waals surface area contributed by atoms with Gasteiger partial charge in [0.1, 0.15) is 0 Å². The number of carbonyl (C=O) groups excluding carboxylic acids is 2.